The van der Waals surface area contributed by atoms with Gasteiger partial charge >= 0.3 is 5.97 Å². The molecule has 1 amide bonds. The summed E-state index contributed by atoms with van der Waals surface area (Å²) in [6, 6.07) is 15.0. The molecule has 25 heavy (non-hydrogen) atoms. The summed E-state index contributed by atoms with van der Waals surface area (Å²) in [4.78, 5) is 26.4. The number of para-hydroxylation sites is 2. The summed E-state index contributed by atoms with van der Waals surface area (Å²) in [5, 5.41) is 3.29. The van der Waals surface area contributed by atoms with Gasteiger partial charge in [0.25, 0.3) is 5.91 Å². The highest BCUT2D eigenvalue weighted by Crippen LogP contribution is 2.35. The zero-order chi connectivity index (χ0) is 18.0. The van der Waals surface area contributed by atoms with Crippen LogP contribution in [0.5, 0.6) is 0 Å². The van der Waals surface area contributed by atoms with Crippen LogP contribution in [0, 0.1) is 0 Å². The van der Waals surface area contributed by atoms with E-state index in [1.54, 1.807) is 24.0 Å². The van der Waals surface area contributed by atoms with Crippen molar-refractivity contribution in [2.45, 2.75) is 32.9 Å². The van der Waals surface area contributed by atoms with Crippen LogP contribution in [0.1, 0.15) is 36.7 Å². The smallest absolute Gasteiger partial charge is 0.338 e. The Morgan fingerprint density at radius 3 is 2.48 bits per heavy atom. The van der Waals surface area contributed by atoms with Gasteiger partial charge in [-0.15, -0.1) is 0 Å². The Hall–Kier alpha value is -2.82. The second kappa shape index (κ2) is 6.59. The van der Waals surface area contributed by atoms with E-state index in [0.717, 1.165) is 16.9 Å². The van der Waals surface area contributed by atoms with E-state index in [2.05, 4.69) is 5.32 Å². The predicted molar refractivity (Wildman–Crippen MR) is 97.7 cm³/mol. The Bertz CT molecular complexity index is 797. The molecular weight excluding hydrogens is 316 g/mol. The Balaban J connectivity index is 1.86. The number of rotatable bonds is 4. The van der Waals surface area contributed by atoms with Gasteiger partial charge in [0.05, 0.1) is 30.1 Å². The number of anilines is 2. The van der Waals surface area contributed by atoms with Crippen LogP contribution in [-0.4, -0.2) is 24.0 Å². The standard InChI is InChI=1S/C20H22N2O3/c1-4-25-18(23)15-11-9-14(10-12-15)13-22-17-8-6-5-7-16(17)21-20(2,3)19(22)24/h5-12,21H,4,13H2,1-3H3. The highest BCUT2D eigenvalue weighted by atomic mass is 16.5. The average molecular weight is 338 g/mol. The summed E-state index contributed by atoms with van der Waals surface area (Å²) in [6.07, 6.45) is 0. The molecule has 5 nitrogen and oxygen atoms in total. The molecular formula is C20H22N2O3. The quantitative estimate of drug-likeness (QED) is 0.866. The normalized spacial score (nSPS) is 15.3. The first-order valence-corrected chi connectivity index (χ1v) is 8.37. The van der Waals surface area contributed by atoms with Gasteiger partial charge in [0.15, 0.2) is 0 Å². The first kappa shape index (κ1) is 17.0. The van der Waals surface area contributed by atoms with E-state index in [0.29, 0.717) is 18.7 Å². The molecule has 2 aromatic carbocycles. The van der Waals surface area contributed by atoms with E-state index in [1.165, 1.54) is 0 Å². The van der Waals surface area contributed by atoms with Gasteiger partial charge in [0.2, 0.25) is 0 Å². The van der Waals surface area contributed by atoms with Crippen molar-refractivity contribution in [1.29, 1.82) is 0 Å². The third-order valence-corrected chi connectivity index (χ3v) is 4.23. The number of benzene rings is 2. The number of hydrogen-bond acceptors (Lipinski definition) is 4. The molecule has 0 spiro atoms. The van der Waals surface area contributed by atoms with Gasteiger partial charge in [-0.2, -0.15) is 0 Å². The second-order valence-corrected chi connectivity index (χ2v) is 6.58. The van der Waals surface area contributed by atoms with E-state index < -0.39 is 5.54 Å². The van der Waals surface area contributed by atoms with Crippen LogP contribution in [0.25, 0.3) is 0 Å². The van der Waals surface area contributed by atoms with Crippen molar-refractivity contribution in [3.63, 3.8) is 0 Å². The van der Waals surface area contributed by atoms with Gasteiger partial charge in [-0.3, -0.25) is 4.79 Å². The molecule has 1 aliphatic heterocycles. The van der Waals surface area contributed by atoms with Gasteiger partial charge in [0.1, 0.15) is 5.54 Å². The van der Waals surface area contributed by atoms with Crippen LogP contribution in [0.15, 0.2) is 48.5 Å². The van der Waals surface area contributed by atoms with E-state index in [4.69, 9.17) is 4.74 Å². The molecule has 0 atom stereocenters. The number of esters is 1. The number of carbonyl (C=O) groups is 2. The van der Waals surface area contributed by atoms with Crippen molar-refractivity contribution < 1.29 is 14.3 Å². The molecule has 0 saturated heterocycles. The van der Waals surface area contributed by atoms with Gasteiger partial charge in [-0.25, -0.2) is 4.79 Å². The summed E-state index contributed by atoms with van der Waals surface area (Å²) < 4.78 is 5.00. The molecule has 2 aromatic rings. The molecule has 0 saturated carbocycles. The fourth-order valence-electron chi connectivity index (χ4n) is 2.95. The summed E-state index contributed by atoms with van der Waals surface area (Å²) >= 11 is 0. The van der Waals surface area contributed by atoms with Crippen LogP contribution < -0.4 is 10.2 Å². The molecule has 0 aliphatic carbocycles. The lowest BCUT2D eigenvalue weighted by Gasteiger charge is -2.40. The largest absolute Gasteiger partial charge is 0.462 e. The zero-order valence-electron chi connectivity index (χ0n) is 14.7. The van der Waals surface area contributed by atoms with Crippen molar-refractivity contribution >= 4 is 23.3 Å². The molecule has 5 heteroatoms. The molecule has 0 radical (unpaired) electrons. The van der Waals surface area contributed by atoms with Crippen molar-refractivity contribution in [3.05, 3.63) is 59.7 Å². The number of fused-ring (bicyclic) bond motifs is 1. The molecule has 0 aromatic heterocycles. The first-order valence-electron chi connectivity index (χ1n) is 8.37. The minimum Gasteiger partial charge on any atom is -0.462 e. The van der Waals surface area contributed by atoms with Gasteiger partial charge in [-0.05, 0) is 50.6 Å². The zero-order valence-corrected chi connectivity index (χ0v) is 14.7. The maximum atomic E-state index is 12.9. The van der Waals surface area contributed by atoms with Crippen molar-refractivity contribution in [3.8, 4) is 0 Å². The maximum Gasteiger partial charge on any atom is 0.338 e. The monoisotopic (exact) mass is 338 g/mol. The third-order valence-electron chi connectivity index (χ3n) is 4.23. The van der Waals surface area contributed by atoms with E-state index in [1.807, 2.05) is 50.2 Å². The number of hydrogen-bond donors (Lipinski definition) is 1. The van der Waals surface area contributed by atoms with Crippen LogP contribution in [-0.2, 0) is 16.1 Å². The summed E-state index contributed by atoms with van der Waals surface area (Å²) in [6.45, 7) is 6.33. The highest BCUT2D eigenvalue weighted by Gasteiger charge is 2.38. The number of ether oxygens (including phenoxy) is 1. The van der Waals surface area contributed by atoms with Crippen molar-refractivity contribution in [2.75, 3.05) is 16.8 Å². The SMILES string of the molecule is CCOC(=O)c1ccc(CN2C(=O)C(C)(C)Nc3ccccc32)cc1. The molecule has 130 valence electrons. The molecule has 1 N–H and O–H groups in total. The Kier molecular flexibility index (Phi) is 4.49. The molecule has 1 heterocycles. The third kappa shape index (κ3) is 3.36. The van der Waals surface area contributed by atoms with Gasteiger partial charge < -0.3 is 15.0 Å². The summed E-state index contributed by atoms with van der Waals surface area (Å²) in [5.74, 6) is -0.320. The highest BCUT2D eigenvalue weighted by molar-refractivity contribution is 6.07. The molecule has 0 fully saturated rings. The molecule has 0 bridgehead atoms. The average Bonchev–Trinajstić information content (AvgIpc) is 2.59. The minimum atomic E-state index is -0.667. The van der Waals surface area contributed by atoms with Crippen molar-refractivity contribution in [1.82, 2.24) is 0 Å². The van der Waals surface area contributed by atoms with Crippen molar-refractivity contribution in [2.24, 2.45) is 0 Å². The lowest BCUT2D eigenvalue weighted by atomic mass is 9.97. The minimum absolute atomic E-state index is 0.0145. The molecule has 3 rings (SSSR count). The van der Waals surface area contributed by atoms with Gasteiger partial charge in [0, 0.05) is 0 Å². The lowest BCUT2D eigenvalue weighted by molar-refractivity contribution is -0.122. The number of nitrogens with zero attached hydrogens (tertiary/aromatic N) is 1. The van der Waals surface area contributed by atoms with Crippen LogP contribution in [0.2, 0.25) is 0 Å². The van der Waals surface area contributed by atoms with Crippen LogP contribution >= 0.6 is 0 Å². The Labute approximate surface area is 147 Å². The number of nitrogens with one attached hydrogen (secondary N) is 1. The lowest BCUT2D eigenvalue weighted by Crippen LogP contribution is -2.53. The molecule has 0 unspecified atom stereocenters. The van der Waals surface area contributed by atoms with Gasteiger partial charge in [-0.1, -0.05) is 24.3 Å². The second-order valence-electron chi connectivity index (χ2n) is 6.58. The van der Waals surface area contributed by atoms with E-state index in [-0.39, 0.29) is 11.9 Å². The Morgan fingerprint density at radius 1 is 1.12 bits per heavy atom. The van der Waals surface area contributed by atoms with E-state index in [9.17, 15) is 9.59 Å². The Morgan fingerprint density at radius 2 is 1.80 bits per heavy atom. The maximum absolute atomic E-state index is 12.9. The number of amides is 1. The van der Waals surface area contributed by atoms with Crippen LogP contribution in [0.4, 0.5) is 11.4 Å². The summed E-state index contributed by atoms with van der Waals surface area (Å²) in [7, 11) is 0. The topological polar surface area (TPSA) is 58.6 Å². The van der Waals surface area contributed by atoms with E-state index >= 15 is 0 Å². The predicted octanol–water partition coefficient (Wildman–Crippen LogP) is 3.60. The fourth-order valence-corrected chi connectivity index (χ4v) is 2.95. The summed E-state index contributed by atoms with van der Waals surface area (Å²) in [5.41, 5.74) is 2.60. The fraction of sp³-hybridized carbons (Fsp3) is 0.300. The van der Waals surface area contributed by atoms with Crippen LogP contribution in [0.3, 0.4) is 0 Å². The number of carbonyl (C=O) groups excluding carboxylic acids is 2. The first-order chi connectivity index (χ1) is 11.9. The molecule has 1 aliphatic rings.